The summed E-state index contributed by atoms with van der Waals surface area (Å²) in [6.45, 7) is 7.04. The minimum Gasteiger partial charge on any atom is -0.336 e. The standard InChI is InChI=1S/C20H25ClN4O4S/c1-12(2)22-20(27)24-18-8-6-5-7-17(18)23-19(26)15-11-14(9-10-16(15)21)30(28,29)25-13(3)4/h5-13,25H,1-4H3,(H,23,26)(H2,22,24,27). The van der Waals surface area contributed by atoms with E-state index >= 15 is 0 Å². The topological polar surface area (TPSA) is 116 Å². The Bertz CT molecular complexity index is 1040. The number of amides is 3. The first-order valence-electron chi connectivity index (χ1n) is 9.29. The summed E-state index contributed by atoms with van der Waals surface area (Å²) < 4.78 is 27.3. The van der Waals surface area contributed by atoms with Crippen molar-refractivity contribution < 1.29 is 18.0 Å². The van der Waals surface area contributed by atoms with E-state index in [1.54, 1.807) is 38.1 Å². The predicted octanol–water partition coefficient (Wildman–Crippen LogP) is 3.81. The van der Waals surface area contributed by atoms with E-state index in [2.05, 4.69) is 20.7 Å². The summed E-state index contributed by atoms with van der Waals surface area (Å²) in [5, 5.41) is 8.12. The van der Waals surface area contributed by atoms with Crippen LogP contribution in [0.25, 0.3) is 0 Å². The Hall–Kier alpha value is -2.62. The average Bonchev–Trinajstić information content (AvgIpc) is 2.61. The highest BCUT2D eigenvalue weighted by molar-refractivity contribution is 7.89. The Kier molecular flexibility index (Phi) is 7.83. The number of urea groups is 1. The number of carbonyl (C=O) groups is 2. The van der Waals surface area contributed by atoms with E-state index in [9.17, 15) is 18.0 Å². The largest absolute Gasteiger partial charge is 0.336 e. The van der Waals surface area contributed by atoms with E-state index in [-0.39, 0.29) is 27.6 Å². The molecule has 8 nitrogen and oxygen atoms in total. The Balaban J connectivity index is 2.29. The van der Waals surface area contributed by atoms with Gasteiger partial charge in [0.15, 0.2) is 0 Å². The number of hydrogen-bond donors (Lipinski definition) is 4. The minimum absolute atomic E-state index is 0.00951. The molecule has 0 radical (unpaired) electrons. The number of rotatable bonds is 7. The molecule has 2 rings (SSSR count). The number of carbonyl (C=O) groups excluding carboxylic acids is 2. The summed E-state index contributed by atoms with van der Waals surface area (Å²) in [5.41, 5.74) is 0.709. The second-order valence-electron chi connectivity index (χ2n) is 7.17. The molecule has 2 aromatic rings. The van der Waals surface area contributed by atoms with Gasteiger partial charge in [0.2, 0.25) is 10.0 Å². The fraction of sp³-hybridized carbons (Fsp3) is 0.300. The van der Waals surface area contributed by atoms with Gasteiger partial charge in [-0.15, -0.1) is 0 Å². The van der Waals surface area contributed by atoms with Gasteiger partial charge in [-0.25, -0.2) is 17.9 Å². The average molecular weight is 453 g/mol. The Labute approximate surface area is 181 Å². The molecule has 0 aliphatic carbocycles. The number of halogens is 1. The van der Waals surface area contributed by atoms with Gasteiger partial charge in [-0.1, -0.05) is 23.7 Å². The summed E-state index contributed by atoms with van der Waals surface area (Å²) in [4.78, 5) is 24.7. The van der Waals surface area contributed by atoms with E-state index in [1.807, 2.05) is 13.8 Å². The predicted molar refractivity (Wildman–Crippen MR) is 119 cm³/mol. The highest BCUT2D eigenvalue weighted by Gasteiger charge is 2.20. The smallest absolute Gasteiger partial charge is 0.319 e. The summed E-state index contributed by atoms with van der Waals surface area (Å²) in [6.07, 6.45) is 0. The summed E-state index contributed by atoms with van der Waals surface area (Å²) in [6, 6.07) is 9.74. The van der Waals surface area contributed by atoms with E-state index in [4.69, 9.17) is 11.6 Å². The van der Waals surface area contributed by atoms with Crippen LogP contribution in [0.15, 0.2) is 47.4 Å². The molecule has 30 heavy (non-hydrogen) atoms. The molecule has 0 saturated heterocycles. The maximum absolute atomic E-state index is 12.8. The van der Waals surface area contributed by atoms with Crippen LogP contribution in [-0.4, -0.2) is 32.4 Å². The van der Waals surface area contributed by atoms with Crippen LogP contribution in [0.1, 0.15) is 38.1 Å². The molecule has 0 fully saturated rings. The normalized spacial score (nSPS) is 11.4. The van der Waals surface area contributed by atoms with Crippen molar-refractivity contribution in [2.75, 3.05) is 10.6 Å². The number of benzene rings is 2. The third-order valence-corrected chi connectivity index (χ3v) is 5.71. The Morgan fingerprint density at radius 3 is 2.07 bits per heavy atom. The Morgan fingerprint density at radius 1 is 0.900 bits per heavy atom. The number of para-hydroxylation sites is 2. The fourth-order valence-electron chi connectivity index (χ4n) is 2.54. The van der Waals surface area contributed by atoms with Crippen LogP contribution in [0.5, 0.6) is 0 Å². The molecule has 0 bridgehead atoms. The first-order valence-corrected chi connectivity index (χ1v) is 11.2. The highest BCUT2D eigenvalue weighted by atomic mass is 35.5. The molecule has 3 amide bonds. The molecule has 0 spiro atoms. The second kappa shape index (κ2) is 9.92. The van der Waals surface area contributed by atoms with Crippen molar-refractivity contribution in [2.45, 2.75) is 44.7 Å². The van der Waals surface area contributed by atoms with Crippen molar-refractivity contribution in [3.63, 3.8) is 0 Å². The summed E-state index contributed by atoms with van der Waals surface area (Å²) >= 11 is 6.14. The van der Waals surface area contributed by atoms with Crippen LogP contribution >= 0.6 is 11.6 Å². The number of nitrogens with one attached hydrogen (secondary N) is 4. The molecular weight excluding hydrogens is 428 g/mol. The van der Waals surface area contributed by atoms with E-state index < -0.39 is 22.0 Å². The zero-order valence-corrected chi connectivity index (χ0v) is 18.7. The molecule has 0 aromatic heterocycles. The van der Waals surface area contributed by atoms with Crippen molar-refractivity contribution in [2.24, 2.45) is 0 Å². The molecular formula is C20H25ClN4O4S. The van der Waals surface area contributed by atoms with Gasteiger partial charge < -0.3 is 16.0 Å². The van der Waals surface area contributed by atoms with Crippen molar-refractivity contribution in [1.82, 2.24) is 10.0 Å². The van der Waals surface area contributed by atoms with Crippen LogP contribution in [-0.2, 0) is 10.0 Å². The first-order chi connectivity index (χ1) is 14.0. The SMILES string of the molecule is CC(C)NC(=O)Nc1ccccc1NC(=O)c1cc(S(=O)(=O)NC(C)C)ccc1Cl. The number of sulfonamides is 1. The lowest BCUT2D eigenvalue weighted by Gasteiger charge is -2.15. The third kappa shape index (κ3) is 6.45. The minimum atomic E-state index is -3.79. The van der Waals surface area contributed by atoms with Gasteiger partial charge in [-0.3, -0.25) is 4.79 Å². The quantitative estimate of drug-likeness (QED) is 0.511. The third-order valence-electron chi connectivity index (χ3n) is 3.73. The Morgan fingerprint density at radius 2 is 1.50 bits per heavy atom. The maximum atomic E-state index is 12.8. The maximum Gasteiger partial charge on any atom is 0.319 e. The molecule has 2 aromatic carbocycles. The highest BCUT2D eigenvalue weighted by Crippen LogP contribution is 2.25. The lowest BCUT2D eigenvalue weighted by molar-refractivity contribution is 0.102. The first kappa shape index (κ1) is 23.7. The van der Waals surface area contributed by atoms with E-state index in [0.29, 0.717) is 11.4 Å². The van der Waals surface area contributed by atoms with E-state index in [0.717, 1.165) is 0 Å². The molecule has 4 N–H and O–H groups in total. The van der Waals surface area contributed by atoms with Gasteiger partial charge >= 0.3 is 6.03 Å². The van der Waals surface area contributed by atoms with Crippen LogP contribution in [0, 0.1) is 0 Å². The molecule has 0 atom stereocenters. The van der Waals surface area contributed by atoms with Gasteiger partial charge in [0.1, 0.15) is 0 Å². The van der Waals surface area contributed by atoms with Crippen molar-refractivity contribution >= 4 is 44.9 Å². The monoisotopic (exact) mass is 452 g/mol. The van der Waals surface area contributed by atoms with Gasteiger partial charge in [-0.2, -0.15) is 0 Å². The molecule has 162 valence electrons. The molecule has 0 aliphatic heterocycles. The number of hydrogen-bond acceptors (Lipinski definition) is 4. The zero-order chi connectivity index (χ0) is 22.5. The van der Waals surface area contributed by atoms with Crippen LogP contribution in [0.4, 0.5) is 16.2 Å². The van der Waals surface area contributed by atoms with Crippen molar-refractivity contribution in [3.8, 4) is 0 Å². The van der Waals surface area contributed by atoms with Gasteiger partial charge in [-0.05, 0) is 58.0 Å². The summed E-state index contributed by atoms with van der Waals surface area (Å²) in [7, 11) is -3.79. The van der Waals surface area contributed by atoms with Gasteiger partial charge in [0.05, 0.1) is 26.9 Å². The molecule has 0 heterocycles. The van der Waals surface area contributed by atoms with Gasteiger partial charge in [0, 0.05) is 12.1 Å². The molecule has 10 heteroatoms. The fourth-order valence-corrected chi connectivity index (χ4v) is 4.02. The van der Waals surface area contributed by atoms with Crippen LogP contribution in [0.3, 0.4) is 0 Å². The molecule has 0 aliphatic rings. The lowest BCUT2D eigenvalue weighted by Crippen LogP contribution is -2.34. The van der Waals surface area contributed by atoms with Crippen molar-refractivity contribution in [3.05, 3.63) is 53.1 Å². The summed E-state index contributed by atoms with van der Waals surface area (Å²) in [5.74, 6) is -0.611. The second-order valence-corrected chi connectivity index (χ2v) is 9.29. The zero-order valence-electron chi connectivity index (χ0n) is 17.1. The van der Waals surface area contributed by atoms with Gasteiger partial charge in [0.25, 0.3) is 5.91 Å². The van der Waals surface area contributed by atoms with Crippen molar-refractivity contribution in [1.29, 1.82) is 0 Å². The molecule has 0 unspecified atom stereocenters. The lowest BCUT2D eigenvalue weighted by atomic mass is 10.2. The number of anilines is 2. The van der Waals surface area contributed by atoms with Crippen LogP contribution in [0.2, 0.25) is 5.02 Å². The van der Waals surface area contributed by atoms with E-state index in [1.165, 1.54) is 18.2 Å². The molecule has 0 saturated carbocycles. The van der Waals surface area contributed by atoms with Crippen LogP contribution < -0.4 is 20.7 Å².